The minimum absolute atomic E-state index is 0.211. The van der Waals surface area contributed by atoms with Gasteiger partial charge in [0.1, 0.15) is 0 Å². The smallest absolute Gasteiger partial charge is 0.321 e. The highest BCUT2D eigenvalue weighted by Gasteiger charge is 2.25. The second-order valence-electron chi connectivity index (χ2n) is 5.35. The molecule has 1 N–H and O–H groups in total. The molecule has 22 heavy (non-hydrogen) atoms. The van der Waals surface area contributed by atoms with Crippen LogP contribution in [0.2, 0.25) is 0 Å². The van der Waals surface area contributed by atoms with Gasteiger partial charge in [0.15, 0.2) is 0 Å². The Kier molecular flexibility index (Phi) is 5.20. The number of piperazine rings is 1. The number of sulfonamides is 1. The molecule has 1 aromatic rings. The highest BCUT2D eigenvalue weighted by Crippen LogP contribution is 2.07. The third-order valence-electron chi connectivity index (χ3n) is 3.52. The molecule has 0 spiro atoms. The number of rotatable bonds is 3. The minimum Gasteiger partial charge on any atom is -0.322 e. The molecule has 0 unspecified atom stereocenters. The molecule has 120 valence electrons. The van der Waals surface area contributed by atoms with E-state index in [2.05, 4.69) is 5.32 Å². The van der Waals surface area contributed by atoms with E-state index in [0.717, 1.165) is 11.1 Å². The first-order valence-electron chi connectivity index (χ1n) is 7.10. The normalized spacial score (nSPS) is 16.9. The van der Waals surface area contributed by atoms with Gasteiger partial charge >= 0.3 is 6.03 Å². The van der Waals surface area contributed by atoms with Gasteiger partial charge in [-0.2, -0.15) is 4.31 Å². The molecule has 1 aliphatic heterocycles. The molecule has 0 radical (unpaired) electrons. The van der Waals surface area contributed by atoms with Crippen LogP contribution in [0.5, 0.6) is 0 Å². The monoisotopic (exact) mass is 323 g/mol. The van der Waals surface area contributed by atoms with E-state index in [4.69, 9.17) is 0 Å². The van der Waals surface area contributed by atoms with Gasteiger partial charge in [-0.25, -0.2) is 13.2 Å². The molecule has 1 fully saturated rings. The van der Waals surface area contributed by atoms with Crippen molar-refractivity contribution in [2.24, 2.45) is 0 Å². The van der Waals surface area contributed by atoms with Gasteiger partial charge in [0, 0.05) is 32.4 Å². The molecule has 0 aliphatic carbocycles. The molecular weight excluding hydrogens is 302 g/mol. The van der Waals surface area contributed by atoms with Crippen molar-refractivity contribution in [3.8, 4) is 0 Å². The number of hydrogen-bond donors (Lipinski definition) is 1. The van der Waals surface area contributed by atoms with Crippen LogP contribution < -0.4 is 5.32 Å². The summed E-state index contributed by atoms with van der Waals surface area (Å²) in [6.07, 6.45) is 4.63. The van der Waals surface area contributed by atoms with E-state index < -0.39 is 10.0 Å². The zero-order valence-electron chi connectivity index (χ0n) is 12.8. The summed E-state index contributed by atoms with van der Waals surface area (Å²) in [5.74, 6) is 0. The largest absolute Gasteiger partial charge is 0.322 e. The minimum atomic E-state index is -3.17. The molecule has 0 saturated carbocycles. The molecule has 1 aliphatic rings. The van der Waals surface area contributed by atoms with Crippen LogP contribution in [0, 0.1) is 6.92 Å². The topological polar surface area (TPSA) is 69.7 Å². The summed E-state index contributed by atoms with van der Waals surface area (Å²) in [5.41, 5.74) is 2.17. The zero-order chi connectivity index (χ0) is 16.2. The number of nitrogens with zero attached hydrogens (tertiary/aromatic N) is 2. The number of nitrogens with one attached hydrogen (secondary N) is 1. The summed E-state index contributed by atoms with van der Waals surface area (Å²) in [6.45, 7) is 3.49. The van der Waals surface area contributed by atoms with Crippen molar-refractivity contribution in [1.29, 1.82) is 0 Å². The first kappa shape index (κ1) is 16.5. The van der Waals surface area contributed by atoms with Gasteiger partial charge in [-0.1, -0.05) is 29.8 Å². The summed E-state index contributed by atoms with van der Waals surface area (Å²) in [6, 6.07) is 7.74. The van der Waals surface area contributed by atoms with Crippen molar-refractivity contribution >= 4 is 22.1 Å². The van der Waals surface area contributed by atoms with Gasteiger partial charge in [-0.15, -0.1) is 0 Å². The van der Waals surface area contributed by atoms with Crippen LogP contribution >= 0.6 is 0 Å². The molecule has 1 saturated heterocycles. The highest BCUT2D eigenvalue weighted by molar-refractivity contribution is 7.88. The maximum Gasteiger partial charge on any atom is 0.321 e. The highest BCUT2D eigenvalue weighted by atomic mass is 32.2. The molecule has 2 rings (SSSR count). The molecule has 1 heterocycles. The number of hydrogen-bond acceptors (Lipinski definition) is 3. The van der Waals surface area contributed by atoms with Crippen LogP contribution in [-0.4, -0.2) is 56.1 Å². The van der Waals surface area contributed by atoms with Crippen LogP contribution in [0.15, 0.2) is 30.5 Å². The summed E-state index contributed by atoms with van der Waals surface area (Å²) >= 11 is 0. The Morgan fingerprint density at radius 2 is 1.91 bits per heavy atom. The maximum absolute atomic E-state index is 12.0. The third kappa shape index (κ3) is 4.57. The molecule has 7 heteroatoms. The number of amides is 2. The summed E-state index contributed by atoms with van der Waals surface area (Å²) in [7, 11) is -3.17. The number of carbonyl (C=O) groups excluding carboxylic acids is 1. The summed E-state index contributed by atoms with van der Waals surface area (Å²) in [4.78, 5) is 13.6. The quantitative estimate of drug-likeness (QED) is 0.910. The second-order valence-corrected chi connectivity index (χ2v) is 7.33. The van der Waals surface area contributed by atoms with E-state index in [1.165, 1.54) is 10.6 Å². The Labute approximate surface area is 131 Å². The number of carbonyl (C=O) groups is 1. The Bertz CT molecular complexity index is 662. The van der Waals surface area contributed by atoms with Gasteiger partial charge in [-0.3, -0.25) is 0 Å². The summed E-state index contributed by atoms with van der Waals surface area (Å²) in [5, 5.41) is 2.71. The lowest BCUT2D eigenvalue weighted by Gasteiger charge is -2.32. The van der Waals surface area contributed by atoms with Gasteiger partial charge in [-0.05, 0) is 18.6 Å². The van der Waals surface area contributed by atoms with Crippen molar-refractivity contribution in [2.45, 2.75) is 6.92 Å². The van der Waals surface area contributed by atoms with Crippen LogP contribution in [-0.2, 0) is 10.0 Å². The number of benzene rings is 1. The van der Waals surface area contributed by atoms with Crippen molar-refractivity contribution < 1.29 is 13.2 Å². The fourth-order valence-corrected chi connectivity index (χ4v) is 3.12. The molecule has 2 amide bonds. The molecule has 6 nitrogen and oxygen atoms in total. The SMILES string of the molecule is Cc1cccc(/C=C/NC(=O)N2CCN(S(C)(=O)=O)CC2)c1. The molecule has 1 aromatic carbocycles. The summed E-state index contributed by atoms with van der Waals surface area (Å²) < 4.78 is 24.2. The molecule has 0 bridgehead atoms. The molecular formula is C15H21N3O3S. The Morgan fingerprint density at radius 1 is 1.23 bits per heavy atom. The average molecular weight is 323 g/mol. The van der Waals surface area contributed by atoms with E-state index >= 15 is 0 Å². The van der Waals surface area contributed by atoms with Gasteiger partial charge in [0.2, 0.25) is 10.0 Å². The lowest BCUT2D eigenvalue weighted by atomic mass is 10.1. The second kappa shape index (κ2) is 6.93. The van der Waals surface area contributed by atoms with Gasteiger partial charge in [0.05, 0.1) is 6.26 Å². The van der Waals surface area contributed by atoms with Crippen LogP contribution in [0.4, 0.5) is 4.79 Å². The maximum atomic E-state index is 12.0. The van der Waals surface area contributed by atoms with Gasteiger partial charge < -0.3 is 10.2 Å². The van der Waals surface area contributed by atoms with Crippen molar-refractivity contribution in [3.05, 3.63) is 41.6 Å². The predicted octanol–water partition coefficient (Wildman–Crippen LogP) is 1.25. The van der Waals surface area contributed by atoms with Crippen molar-refractivity contribution in [1.82, 2.24) is 14.5 Å². The standard InChI is InChI=1S/C15H21N3O3S/c1-13-4-3-5-14(12-13)6-7-16-15(19)17-8-10-18(11-9-17)22(2,20)21/h3-7,12H,8-11H2,1-2H3,(H,16,19)/b7-6+. The Morgan fingerprint density at radius 3 is 2.50 bits per heavy atom. The molecule has 0 aromatic heterocycles. The van der Waals surface area contributed by atoms with E-state index in [1.807, 2.05) is 37.3 Å². The van der Waals surface area contributed by atoms with Crippen LogP contribution in [0.25, 0.3) is 6.08 Å². The zero-order valence-corrected chi connectivity index (χ0v) is 13.6. The molecule has 0 atom stereocenters. The fourth-order valence-electron chi connectivity index (χ4n) is 2.30. The van der Waals surface area contributed by atoms with Crippen LogP contribution in [0.1, 0.15) is 11.1 Å². The van der Waals surface area contributed by atoms with Crippen LogP contribution in [0.3, 0.4) is 0 Å². The Hall–Kier alpha value is -1.86. The lowest BCUT2D eigenvalue weighted by Crippen LogP contribution is -2.52. The predicted molar refractivity (Wildman–Crippen MR) is 86.7 cm³/mol. The first-order chi connectivity index (χ1) is 10.4. The lowest BCUT2D eigenvalue weighted by molar-refractivity contribution is 0.176. The van der Waals surface area contributed by atoms with E-state index in [9.17, 15) is 13.2 Å². The van der Waals surface area contributed by atoms with Crippen molar-refractivity contribution in [2.75, 3.05) is 32.4 Å². The Balaban J connectivity index is 1.84. The fraction of sp³-hybridized carbons (Fsp3) is 0.400. The number of aryl methyl sites for hydroxylation is 1. The van der Waals surface area contributed by atoms with Gasteiger partial charge in [0.25, 0.3) is 0 Å². The third-order valence-corrected chi connectivity index (χ3v) is 4.82. The first-order valence-corrected chi connectivity index (χ1v) is 8.95. The van der Waals surface area contributed by atoms with E-state index in [0.29, 0.717) is 26.2 Å². The van der Waals surface area contributed by atoms with E-state index in [1.54, 1.807) is 11.1 Å². The van der Waals surface area contributed by atoms with Crippen molar-refractivity contribution in [3.63, 3.8) is 0 Å². The van der Waals surface area contributed by atoms with E-state index in [-0.39, 0.29) is 6.03 Å². The average Bonchev–Trinajstić information content (AvgIpc) is 2.46. The number of urea groups is 1.